The first-order valence-electron chi connectivity index (χ1n) is 6.25. The minimum Gasteiger partial charge on any atom is -0.460 e. The Kier molecular flexibility index (Phi) is 3.41. The van der Waals surface area contributed by atoms with Crippen LogP contribution >= 0.6 is 0 Å². The molecule has 0 aliphatic heterocycles. The van der Waals surface area contributed by atoms with Crippen molar-refractivity contribution in [1.29, 1.82) is 0 Å². The first kappa shape index (κ1) is 12.7. The van der Waals surface area contributed by atoms with Crippen molar-refractivity contribution in [3.63, 3.8) is 0 Å². The zero-order chi connectivity index (χ0) is 13.3. The van der Waals surface area contributed by atoms with Crippen LogP contribution in [-0.2, 0) is 11.2 Å². The van der Waals surface area contributed by atoms with Gasteiger partial charge in [0.15, 0.2) is 0 Å². The zero-order valence-corrected chi connectivity index (χ0v) is 11.3. The summed E-state index contributed by atoms with van der Waals surface area (Å²) in [4.78, 5) is 11.7. The van der Waals surface area contributed by atoms with Crippen LogP contribution < -0.4 is 5.32 Å². The van der Waals surface area contributed by atoms with Gasteiger partial charge in [0.05, 0.1) is 6.42 Å². The highest BCUT2D eigenvalue weighted by Crippen LogP contribution is 2.26. The van der Waals surface area contributed by atoms with Crippen molar-refractivity contribution < 1.29 is 9.21 Å². The maximum absolute atomic E-state index is 11.7. The second kappa shape index (κ2) is 4.84. The lowest BCUT2D eigenvalue weighted by Gasteiger charge is -2.06. The third kappa shape index (κ3) is 2.55. The molecule has 1 heterocycles. The molecule has 0 radical (unpaired) electrons. The summed E-state index contributed by atoms with van der Waals surface area (Å²) in [6.45, 7) is 7.96. The minimum atomic E-state index is 0.00359. The first-order chi connectivity index (χ1) is 8.47. The summed E-state index contributed by atoms with van der Waals surface area (Å²) in [6, 6.07) is 6.23. The van der Waals surface area contributed by atoms with Crippen LogP contribution in [0.5, 0.6) is 0 Å². The molecule has 0 atom stereocenters. The molecule has 3 heteroatoms. The SMILES string of the molecule is Cc1ccc2oc(CC(=O)NC(C)C)c(C)c2c1. The number of hydrogen-bond donors (Lipinski definition) is 1. The monoisotopic (exact) mass is 245 g/mol. The van der Waals surface area contributed by atoms with Gasteiger partial charge < -0.3 is 9.73 Å². The van der Waals surface area contributed by atoms with Gasteiger partial charge in [0.25, 0.3) is 0 Å². The molecule has 1 N–H and O–H groups in total. The van der Waals surface area contributed by atoms with Gasteiger partial charge in [-0.25, -0.2) is 0 Å². The lowest BCUT2D eigenvalue weighted by Crippen LogP contribution is -2.31. The largest absolute Gasteiger partial charge is 0.460 e. The van der Waals surface area contributed by atoms with Crippen LogP contribution in [0.1, 0.15) is 30.7 Å². The molecule has 0 spiro atoms. The van der Waals surface area contributed by atoms with E-state index in [0.29, 0.717) is 6.42 Å². The van der Waals surface area contributed by atoms with Gasteiger partial charge in [-0.2, -0.15) is 0 Å². The highest BCUT2D eigenvalue weighted by Gasteiger charge is 2.14. The topological polar surface area (TPSA) is 42.2 Å². The Hall–Kier alpha value is -1.77. The Morgan fingerprint density at radius 3 is 2.72 bits per heavy atom. The minimum absolute atomic E-state index is 0.00359. The quantitative estimate of drug-likeness (QED) is 0.902. The van der Waals surface area contributed by atoms with E-state index >= 15 is 0 Å². The number of aryl methyl sites for hydroxylation is 2. The number of rotatable bonds is 3. The average Bonchev–Trinajstić information content (AvgIpc) is 2.55. The van der Waals surface area contributed by atoms with E-state index in [0.717, 1.165) is 22.3 Å². The molecular formula is C15H19NO2. The van der Waals surface area contributed by atoms with Gasteiger partial charge in [0.1, 0.15) is 11.3 Å². The first-order valence-corrected chi connectivity index (χ1v) is 6.25. The van der Waals surface area contributed by atoms with Crippen molar-refractivity contribution in [1.82, 2.24) is 5.32 Å². The molecule has 2 aromatic rings. The van der Waals surface area contributed by atoms with E-state index in [1.807, 2.05) is 32.9 Å². The molecule has 2 rings (SSSR count). The summed E-state index contributed by atoms with van der Waals surface area (Å²) < 4.78 is 5.75. The molecule has 0 saturated carbocycles. The molecule has 0 unspecified atom stereocenters. The maximum Gasteiger partial charge on any atom is 0.227 e. The highest BCUT2D eigenvalue weighted by molar-refractivity contribution is 5.85. The van der Waals surface area contributed by atoms with Crippen LogP contribution in [0.25, 0.3) is 11.0 Å². The van der Waals surface area contributed by atoms with Crippen molar-refractivity contribution in [3.8, 4) is 0 Å². The van der Waals surface area contributed by atoms with Crippen LogP contribution in [0.3, 0.4) is 0 Å². The van der Waals surface area contributed by atoms with Crippen molar-refractivity contribution >= 4 is 16.9 Å². The van der Waals surface area contributed by atoms with Gasteiger partial charge in [-0.3, -0.25) is 4.79 Å². The average molecular weight is 245 g/mol. The Morgan fingerprint density at radius 1 is 1.33 bits per heavy atom. The van der Waals surface area contributed by atoms with Crippen LogP contribution in [0, 0.1) is 13.8 Å². The molecule has 1 aromatic heterocycles. The van der Waals surface area contributed by atoms with Gasteiger partial charge in [0.2, 0.25) is 5.91 Å². The predicted octanol–water partition coefficient (Wildman–Crippen LogP) is 3.12. The Labute approximate surface area is 107 Å². The number of hydrogen-bond acceptors (Lipinski definition) is 2. The molecular weight excluding hydrogens is 226 g/mol. The molecule has 0 fully saturated rings. The molecule has 18 heavy (non-hydrogen) atoms. The van der Waals surface area contributed by atoms with Gasteiger partial charge in [0, 0.05) is 11.4 Å². The molecule has 1 amide bonds. The fraction of sp³-hybridized carbons (Fsp3) is 0.400. The van der Waals surface area contributed by atoms with E-state index < -0.39 is 0 Å². The third-order valence-corrected chi connectivity index (χ3v) is 2.96. The smallest absolute Gasteiger partial charge is 0.227 e. The van der Waals surface area contributed by atoms with Crippen LogP contribution in [0.15, 0.2) is 22.6 Å². The number of amides is 1. The lowest BCUT2D eigenvalue weighted by molar-refractivity contribution is -0.121. The molecule has 0 aliphatic carbocycles. The van der Waals surface area contributed by atoms with E-state index in [1.54, 1.807) is 0 Å². The van der Waals surface area contributed by atoms with Gasteiger partial charge in [-0.1, -0.05) is 11.6 Å². The summed E-state index contributed by atoms with van der Waals surface area (Å²) in [5, 5.41) is 3.97. The Bertz CT molecular complexity index is 581. The van der Waals surface area contributed by atoms with E-state index in [9.17, 15) is 4.79 Å². The number of fused-ring (bicyclic) bond motifs is 1. The molecule has 3 nitrogen and oxygen atoms in total. The Morgan fingerprint density at radius 2 is 2.06 bits per heavy atom. The van der Waals surface area contributed by atoms with Crippen LogP contribution in [0.2, 0.25) is 0 Å². The van der Waals surface area contributed by atoms with E-state index in [1.165, 1.54) is 5.56 Å². The standard InChI is InChI=1S/C15H19NO2/c1-9(2)16-15(17)8-14-11(4)12-7-10(3)5-6-13(12)18-14/h5-7,9H,8H2,1-4H3,(H,16,17). The van der Waals surface area contributed by atoms with E-state index in [-0.39, 0.29) is 11.9 Å². The summed E-state index contributed by atoms with van der Waals surface area (Å²) in [5.74, 6) is 0.762. The van der Waals surface area contributed by atoms with E-state index in [4.69, 9.17) is 4.42 Å². The number of benzene rings is 1. The van der Waals surface area contributed by atoms with Crippen molar-refractivity contribution in [2.45, 2.75) is 40.2 Å². The molecule has 0 saturated heterocycles. The summed E-state index contributed by atoms with van der Waals surface area (Å²) in [7, 11) is 0. The predicted molar refractivity (Wildman–Crippen MR) is 72.7 cm³/mol. The normalized spacial score (nSPS) is 11.2. The second-order valence-electron chi connectivity index (χ2n) is 5.05. The summed E-state index contributed by atoms with van der Waals surface area (Å²) >= 11 is 0. The highest BCUT2D eigenvalue weighted by atomic mass is 16.3. The van der Waals surface area contributed by atoms with Crippen molar-refractivity contribution in [2.24, 2.45) is 0 Å². The summed E-state index contributed by atoms with van der Waals surface area (Å²) in [6.07, 6.45) is 0.303. The van der Waals surface area contributed by atoms with Crippen molar-refractivity contribution in [3.05, 3.63) is 35.1 Å². The summed E-state index contributed by atoms with van der Waals surface area (Å²) in [5.41, 5.74) is 3.11. The molecule has 96 valence electrons. The van der Waals surface area contributed by atoms with Gasteiger partial charge >= 0.3 is 0 Å². The second-order valence-corrected chi connectivity index (χ2v) is 5.05. The van der Waals surface area contributed by atoms with Crippen LogP contribution in [0.4, 0.5) is 0 Å². The lowest BCUT2D eigenvalue weighted by atomic mass is 10.1. The molecule has 0 bridgehead atoms. The maximum atomic E-state index is 11.7. The fourth-order valence-electron chi connectivity index (χ4n) is 2.07. The van der Waals surface area contributed by atoms with E-state index in [2.05, 4.69) is 18.3 Å². The zero-order valence-electron chi connectivity index (χ0n) is 11.3. The number of carbonyl (C=O) groups excluding carboxylic acids is 1. The van der Waals surface area contributed by atoms with Crippen LogP contribution in [-0.4, -0.2) is 11.9 Å². The number of furan rings is 1. The third-order valence-electron chi connectivity index (χ3n) is 2.96. The number of carbonyl (C=O) groups is 1. The molecule has 0 aliphatic rings. The number of nitrogens with one attached hydrogen (secondary N) is 1. The molecule has 1 aromatic carbocycles. The Balaban J connectivity index is 2.29. The van der Waals surface area contributed by atoms with Gasteiger partial charge in [-0.15, -0.1) is 0 Å². The van der Waals surface area contributed by atoms with Crippen molar-refractivity contribution in [2.75, 3.05) is 0 Å². The fourth-order valence-corrected chi connectivity index (χ4v) is 2.07. The van der Waals surface area contributed by atoms with Gasteiger partial charge in [-0.05, 0) is 45.4 Å².